The average Bonchev–Trinajstić information content (AvgIpc) is 2.98. The summed E-state index contributed by atoms with van der Waals surface area (Å²) in [6.45, 7) is 1.49. The van der Waals surface area contributed by atoms with Crippen LogP contribution in [-0.2, 0) is 4.79 Å². The third-order valence-electron chi connectivity index (χ3n) is 5.21. The van der Waals surface area contributed by atoms with Crippen molar-refractivity contribution in [1.82, 2.24) is 19.9 Å². The predicted molar refractivity (Wildman–Crippen MR) is 90.8 cm³/mol. The maximum absolute atomic E-state index is 13.3. The van der Waals surface area contributed by atoms with Gasteiger partial charge in [-0.15, -0.1) is 0 Å². The van der Waals surface area contributed by atoms with Crippen LogP contribution < -0.4 is 4.90 Å². The van der Waals surface area contributed by atoms with Crippen LogP contribution in [0.25, 0.3) is 0 Å². The fourth-order valence-electron chi connectivity index (χ4n) is 3.90. The van der Waals surface area contributed by atoms with E-state index in [9.17, 15) is 14.0 Å². The summed E-state index contributed by atoms with van der Waals surface area (Å²) in [6.07, 6.45) is 8.10. The molecule has 0 radical (unpaired) electrons. The molecule has 0 saturated carbocycles. The van der Waals surface area contributed by atoms with Crippen LogP contribution in [0.1, 0.15) is 29.6 Å². The van der Waals surface area contributed by atoms with Gasteiger partial charge in [0.25, 0.3) is 5.91 Å². The Kier molecular flexibility index (Phi) is 4.10. The van der Waals surface area contributed by atoms with E-state index in [0.717, 1.165) is 18.9 Å². The van der Waals surface area contributed by atoms with Gasteiger partial charge in [0.05, 0.1) is 23.5 Å². The Hall–Kier alpha value is -2.90. The van der Waals surface area contributed by atoms with Crippen LogP contribution >= 0.6 is 0 Å². The second-order valence-electron chi connectivity index (χ2n) is 6.78. The van der Waals surface area contributed by atoms with Crippen LogP contribution in [0.5, 0.6) is 0 Å². The van der Waals surface area contributed by atoms with E-state index in [-0.39, 0.29) is 17.4 Å². The molecule has 134 valence electrons. The molecule has 2 aliphatic rings. The zero-order valence-corrected chi connectivity index (χ0v) is 14.1. The van der Waals surface area contributed by atoms with Crippen LogP contribution in [0.15, 0.2) is 37.1 Å². The summed E-state index contributed by atoms with van der Waals surface area (Å²) in [5, 5.41) is 0. The van der Waals surface area contributed by atoms with Gasteiger partial charge in [-0.3, -0.25) is 9.59 Å². The minimum absolute atomic E-state index is 0.00529. The van der Waals surface area contributed by atoms with E-state index in [1.165, 1.54) is 18.6 Å². The molecule has 7 nitrogen and oxygen atoms in total. The highest BCUT2D eigenvalue weighted by Gasteiger charge is 2.50. The van der Waals surface area contributed by atoms with Gasteiger partial charge in [0.2, 0.25) is 11.9 Å². The van der Waals surface area contributed by atoms with Gasteiger partial charge in [-0.05, 0) is 25.3 Å². The lowest BCUT2D eigenvalue weighted by atomic mass is 9.78. The molecule has 2 aromatic rings. The quantitative estimate of drug-likeness (QED) is 0.766. The topological polar surface area (TPSA) is 79.3 Å². The van der Waals surface area contributed by atoms with Crippen molar-refractivity contribution >= 4 is 17.5 Å². The van der Waals surface area contributed by atoms with E-state index in [1.54, 1.807) is 22.2 Å². The van der Waals surface area contributed by atoms with Gasteiger partial charge in [-0.2, -0.15) is 4.39 Å². The number of rotatable bonds is 2. The first kappa shape index (κ1) is 16.6. The summed E-state index contributed by atoms with van der Waals surface area (Å²) < 4.78 is 13.3. The number of nitrogens with zero attached hydrogens (tertiary/aromatic N) is 5. The van der Waals surface area contributed by atoms with Gasteiger partial charge in [-0.25, -0.2) is 15.0 Å². The van der Waals surface area contributed by atoms with E-state index in [1.807, 2.05) is 0 Å². The van der Waals surface area contributed by atoms with Gasteiger partial charge in [-0.1, -0.05) is 0 Å². The van der Waals surface area contributed by atoms with Crippen molar-refractivity contribution in [3.63, 3.8) is 0 Å². The first-order valence-corrected chi connectivity index (χ1v) is 8.57. The van der Waals surface area contributed by atoms with Gasteiger partial charge in [0.1, 0.15) is 6.33 Å². The van der Waals surface area contributed by atoms with Crippen molar-refractivity contribution in [3.8, 4) is 0 Å². The van der Waals surface area contributed by atoms with Crippen molar-refractivity contribution in [1.29, 1.82) is 0 Å². The van der Waals surface area contributed by atoms with Crippen molar-refractivity contribution in [2.24, 2.45) is 5.41 Å². The largest absolute Gasteiger partial charge is 0.338 e. The molecule has 0 bridgehead atoms. The molecule has 0 unspecified atom stereocenters. The molecular weight excluding hydrogens is 337 g/mol. The number of carbonyl (C=O) groups excluding carboxylic acids is 2. The van der Waals surface area contributed by atoms with Crippen molar-refractivity contribution < 1.29 is 14.0 Å². The monoisotopic (exact) mass is 355 g/mol. The number of carbonyl (C=O) groups is 2. The van der Waals surface area contributed by atoms with Crippen molar-refractivity contribution in [2.45, 2.75) is 19.3 Å². The van der Waals surface area contributed by atoms with Gasteiger partial charge in [0.15, 0.2) is 0 Å². The number of hydrogen-bond acceptors (Lipinski definition) is 5. The molecule has 2 aliphatic heterocycles. The maximum Gasteiger partial charge on any atom is 0.254 e. The highest BCUT2D eigenvalue weighted by molar-refractivity contribution is 6.01. The Morgan fingerprint density at radius 3 is 2.77 bits per heavy atom. The number of piperidine rings is 1. The smallest absolute Gasteiger partial charge is 0.254 e. The normalized spacial score (nSPS) is 22.9. The molecule has 2 amide bonds. The average molecular weight is 355 g/mol. The molecule has 0 N–H and O–H groups in total. The molecule has 0 aliphatic carbocycles. The summed E-state index contributed by atoms with van der Waals surface area (Å²) in [7, 11) is 0. The number of pyridine rings is 1. The second kappa shape index (κ2) is 6.44. The third-order valence-corrected chi connectivity index (χ3v) is 5.21. The van der Waals surface area contributed by atoms with E-state index in [4.69, 9.17) is 0 Å². The van der Waals surface area contributed by atoms with Crippen LogP contribution in [-0.4, -0.2) is 51.3 Å². The number of anilines is 1. The van der Waals surface area contributed by atoms with Gasteiger partial charge >= 0.3 is 0 Å². The molecule has 4 heterocycles. The highest BCUT2D eigenvalue weighted by atomic mass is 19.1. The fourth-order valence-corrected chi connectivity index (χ4v) is 3.90. The van der Waals surface area contributed by atoms with Crippen molar-refractivity contribution in [2.75, 3.05) is 24.5 Å². The Balaban J connectivity index is 1.55. The number of aromatic nitrogens is 3. The van der Waals surface area contributed by atoms with Crippen LogP contribution in [0, 0.1) is 11.4 Å². The van der Waals surface area contributed by atoms with Crippen molar-refractivity contribution in [3.05, 3.63) is 48.6 Å². The summed E-state index contributed by atoms with van der Waals surface area (Å²) in [5.41, 5.74) is 0.345. The van der Waals surface area contributed by atoms with E-state index >= 15 is 0 Å². The zero-order chi connectivity index (χ0) is 18.1. The third kappa shape index (κ3) is 2.81. The van der Waals surface area contributed by atoms with Gasteiger partial charge in [0, 0.05) is 37.5 Å². The molecule has 1 atom stereocenters. The number of halogens is 1. The first-order chi connectivity index (χ1) is 12.6. The van der Waals surface area contributed by atoms with Crippen LogP contribution in [0.2, 0.25) is 0 Å². The second-order valence-corrected chi connectivity index (χ2v) is 6.78. The van der Waals surface area contributed by atoms with Crippen LogP contribution in [0.4, 0.5) is 10.1 Å². The molecule has 2 fully saturated rings. The minimum atomic E-state index is -0.685. The summed E-state index contributed by atoms with van der Waals surface area (Å²) in [5.74, 6) is -0.944. The lowest BCUT2D eigenvalue weighted by molar-refractivity contribution is -0.127. The van der Waals surface area contributed by atoms with Crippen LogP contribution in [0.3, 0.4) is 0 Å². The summed E-state index contributed by atoms with van der Waals surface area (Å²) >= 11 is 0. The lowest BCUT2D eigenvalue weighted by Gasteiger charge is -2.39. The number of amides is 2. The molecule has 1 spiro atoms. The van der Waals surface area contributed by atoms with E-state index < -0.39 is 11.4 Å². The van der Waals surface area contributed by atoms with E-state index in [2.05, 4.69) is 15.0 Å². The minimum Gasteiger partial charge on any atom is -0.338 e. The van der Waals surface area contributed by atoms with Gasteiger partial charge < -0.3 is 9.80 Å². The SMILES string of the molecule is O=C(c1ccnc(F)c1)N1CCC[C@@]2(CCN(c3cncnc3)C2=O)C1. The standard InChI is InChI=1S/C18H18FN5O2/c19-15-8-13(2-5-22-15)16(25)23-6-1-3-18(11-23)4-7-24(17(18)26)14-9-20-12-21-10-14/h2,5,8-10,12H,1,3-4,6-7,11H2/t18-/m1/s1. The van der Waals surface area contributed by atoms with E-state index in [0.29, 0.717) is 31.7 Å². The maximum atomic E-state index is 13.3. The molecule has 0 aromatic carbocycles. The summed E-state index contributed by atoms with van der Waals surface area (Å²) in [4.78, 5) is 40.6. The number of likely N-dealkylation sites (tertiary alicyclic amines) is 1. The molecule has 8 heteroatoms. The molecule has 26 heavy (non-hydrogen) atoms. The molecule has 4 rings (SSSR count). The number of hydrogen-bond donors (Lipinski definition) is 0. The molecule has 2 aromatic heterocycles. The zero-order valence-electron chi connectivity index (χ0n) is 14.1. The lowest BCUT2D eigenvalue weighted by Crippen LogP contribution is -2.50. The Morgan fingerprint density at radius 2 is 2.00 bits per heavy atom. The molecular formula is C18H18FN5O2. The Bertz CT molecular complexity index is 846. The highest BCUT2D eigenvalue weighted by Crippen LogP contribution is 2.41. The Labute approximate surface area is 149 Å². The molecule has 2 saturated heterocycles. The summed E-state index contributed by atoms with van der Waals surface area (Å²) in [6, 6.07) is 2.63. The Morgan fingerprint density at radius 1 is 1.19 bits per heavy atom. The fraction of sp³-hybridized carbons (Fsp3) is 0.389. The first-order valence-electron chi connectivity index (χ1n) is 8.57. The predicted octanol–water partition coefficient (Wildman–Crippen LogP) is 1.67.